The molecule has 0 amide bonds. The molecular weight excluding hydrogens is 1070 g/mol. The number of benzene rings is 8. The summed E-state index contributed by atoms with van der Waals surface area (Å²) in [5.74, 6) is 0. The minimum absolute atomic E-state index is 0. The first-order chi connectivity index (χ1) is 34.5. The molecule has 0 radical (unpaired) electrons. The van der Waals surface area contributed by atoms with Gasteiger partial charge in [0.05, 0.1) is 0 Å². The molecule has 0 fully saturated rings. The van der Waals surface area contributed by atoms with Crippen LogP contribution in [0.25, 0.3) is 43.1 Å². The van der Waals surface area contributed by atoms with E-state index in [2.05, 4.69) is 281 Å². The molecule has 0 unspecified atom stereocenters. The smallest absolute Gasteiger partial charge is 0.0771 e. The first-order valence-electron chi connectivity index (χ1n) is 24.5. The number of allylic oxidation sites excluding steroid dienone is 8. The molecule has 0 spiro atoms. The van der Waals surface area contributed by atoms with E-state index in [1.807, 2.05) is 0 Å². The minimum atomic E-state index is 0. The average molecular weight is 1130 g/mol. The van der Waals surface area contributed by atoms with Crippen LogP contribution < -0.4 is 24.8 Å². The number of fused-ring (bicyclic) bond motifs is 6. The topological polar surface area (TPSA) is 0 Å². The van der Waals surface area contributed by atoms with Crippen LogP contribution in [0.3, 0.4) is 0 Å². The zero-order chi connectivity index (χ0) is 48.6. The molecule has 12 rings (SSSR count). The first-order valence-corrected chi connectivity index (χ1v) is 26.9. The van der Waals surface area contributed by atoms with E-state index >= 15 is 0 Å². The van der Waals surface area contributed by atoms with Gasteiger partial charge in [-0.1, -0.05) is 112 Å². The summed E-state index contributed by atoms with van der Waals surface area (Å²) < 4.78 is 2.83. The summed E-state index contributed by atoms with van der Waals surface area (Å²) in [5.41, 5.74) is 8.25. The molecule has 0 saturated heterocycles. The van der Waals surface area contributed by atoms with Crippen molar-refractivity contribution in [2.24, 2.45) is 0 Å². The predicted octanol–water partition coefficient (Wildman–Crippen LogP) is 12.0. The van der Waals surface area contributed by atoms with Crippen molar-refractivity contribution in [3.05, 3.63) is 300 Å². The third kappa shape index (κ3) is 17.4. The molecule has 0 nitrogen and oxygen atoms in total. The molecule has 0 heterocycles. The van der Waals surface area contributed by atoms with Crippen molar-refractivity contribution in [1.82, 2.24) is 0 Å². The molecule has 72 heavy (non-hydrogen) atoms. The molecule has 356 valence electrons. The van der Waals surface area contributed by atoms with Crippen LogP contribution in [0.5, 0.6) is 0 Å². The van der Waals surface area contributed by atoms with E-state index in [-0.39, 0.29) is 24.8 Å². The summed E-state index contributed by atoms with van der Waals surface area (Å²) in [6, 6.07) is 80.8. The summed E-state index contributed by atoms with van der Waals surface area (Å²) in [6.45, 7) is 4.40. The summed E-state index contributed by atoms with van der Waals surface area (Å²) in [4.78, 5) is 0. The summed E-state index contributed by atoms with van der Waals surface area (Å²) >= 11 is 2.92. The molecule has 10 aromatic rings. The number of hydrogen-bond acceptors (Lipinski definition) is 0. The van der Waals surface area contributed by atoms with Crippen LogP contribution in [0.2, 0.25) is 0 Å². The van der Waals surface area contributed by atoms with Crippen LogP contribution in [0, 0.1) is 12.2 Å². The van der Waals surface area contributed by atoms with Gasteiger partial charge in [0.1, 0.15) is 0 Å². The molecule has 2 aliphatic rings. The van der Waals surface area contributed by atoms with Crippen LogP contribution in [-0.4, -0.2) is 6.41 Å². The summed E-state index contributed by atoms with van der Waals surface area (Å²) in [7, 11) is 0. The second kappa shape index (κ2) is 31.9. The van der Waals surface area contributed by atoms with Gasteiger partial charge in [0.2, 0.25) is 0 Å². The van der Waals surface area contributed by atoms with Crippen molar-refractivity contribution in [1.29, 1.82) is 0 Å². The van der Waals surface area contributed by atoms with Gasteiger partial charge in [-0.3, -0.25) is 12.2 Å². The van der Waals surface area contributed by atoms with Gasteiger partial charge in [0.15, 0.2) is 0 Å². The molecule has 0 atom stereocenters. The summed E-state index contributed by atoms with van der Waals surface area (Å²) in [5, 5.41) is 10.8. The Bertz CT molecular complexity index is 2890. The van der Waals surface area contributed by atoms with Crippen molar-refractivity contribution < 1.29 is 73.3 Å². The van der Waals surface area contributed by atoms with E-state index in [0.29, 0.717) is 0 Å². The van der Waals surface area contributed by atoms with Crippen LogP contribution in [-0.2, 0) is 48.5 Å². The maximum atomic E-state index is 3.14. The van der Waals surface area contributed by atoms with E-state index in [1.54, 1.807) is 0 Å². The fraction of sp³-hybridized carbons (Fsp3) is 0.118. The number of hydrogen-bond donors (Lipinski definition) is 0. The van der Waals surface area contributed by atoms with Gasteiger partial charge in [-0.05, 0) is 0 Å². The van der Waals surface area contributed by atoms with E-state index in [9.17, 15) is 0 Å². The zero-order valence-corrected chi connectivity index (χ0v) is 47.7. The Morgan fingerprint density at radius 1 is 0.361 bits per heavy atom. The largest absolute Gasteiger partial charge is 0.126 e. The van der Waals surface area contributed by atoms with Gasteiger partial charge in [0.25, 0.3) is 0 Å². The average Bonchev–Trinajstić information content (AvgIpc) is 4.29. The van der Waals surface area contributed by atoms with Gasteiger partial charge in [-0.25, -0.2) is 23.3 Å². The van der Waals surface area contributed by atoms with Gasteiger partial charge in [-0.15, -0.1) is 92.3 Å². The fourth-order valence-corrected chi connectivity index (χ4v) is 10.0. The SMILES string of the molecule is CCCC1=CC[C-]=C1.CCCC1=CC[C-]=C1.[Cl-].[Cl-].[Zr+2]=[C](c1ccccc1)c1ccccc1.[Zr+2]=[C](c1ccccc1)c1ccccc1.c1ccc2c(c1)[cH-]c1ccccc12.c1ccc2c(c1)[cH-]c1ccccc12. The molecule has 0 N–H and O–H groups in total. The van der Waals surface area contributed by atoms with Crippen molar-refractivity contribution in [2.45, 2.75) is 52.4 Å². The third-order valence-corrected chi connectivity index (χ3v) is 14.8. The van der Waals surface area contributed by atoms with E-state index in [4.69, 9.17) is 0 Å². The molecule has 2 aliphatic carbocycles. The number of rotatable bonds is 8. The first kappa shape index (κ1) is 57.4. The molecule has 0 saturated carbocycles. The molecular formula is C68H60Cl2Zr2-2. The third-order valence-electron chi connectivity index (χ3n) is 11.9. The molecule has 0 aromatic heterocycles. The number of halogens is 2. The molecule has 4 heteroatoms. The normalized spacial score (nSPS) is 11.6. The van der Waals surface area contributed by atoms with Crippen molar-refractivity contribution in [2.75, 3.05) is 0 Å². The van der Waals surface area contributed by atoms with E-state index in [1.165, 1.54) is 157 Å². The minimum Gasteiger partial charge on any atom is -0.126 e. The van der Waals surface area contributed by atoms with Crippen molar-refractivity contribution in [3.8, 4) is 0 Å². The van der Waals surface area contributed by atoms with Gasteiger partial charge < -0.3 is 24.8 Å². The zero-order valence-electron chi connectivity index (χ0n) is 41.2. The van der Waals surface area contributed by atoms with Crippen LogP contribution in [0.4, 0.5) is 0 Å². The Balaban J connectivity index is 0.000000162. The van der Waals surface area contributed by atoms with Crippen molar-refractivity contribution in [3.63, 3.8) is 0 Å². The molecule has 0 bridgehead atoms. The Kier molecular flexibility index (Phi) is 25.4. The second-order valence-electron chi connectivity index (χ2n) is 17.0. The predicted molar refractivity (Wildman–Crippen MR) is 297 cm³/mol. The quantitative estimate of drug-likeness (QED) is 0.133. The Hall–Kier alpha value is -5.45. The van der Waals surface area contributed by atoms with Crippen LogP contribution in [0.1, 0.15) is 74.6 Å². The van der Waals surface area contributed by atoms with E-state index < -0.39 is 0 Å². The Morgan fingerprint density at radius 2 is 0.597 bits per heavy atom. The summed E-state index contributed by atoms with van der Waals surface area (Å²) in [6.07, 6.45) is 22.0. The standard InChI is InChI=1S/2C13H9.2C13H10.2C8H11.2ClH.2Zr/c2*1-3-7-12-10(5-1)9-11-6-2-4-8-13(11)12;2*1-3-7-12(8-4-1)11-13-9-5-2-6-10-13;2*1-2-5-8-6-3-4-7-8;;;;/h2*1-9H;2*1-10H;2*6-7H,2-3,5H2,1H3;2*1H;;/q2*-1;;;2*-1;;;2*+2/p-2. The van der Waals surface area contributed by atoms with Gasteiger partial charge in [-0.2, -0.15) is 12.2 Å². The maximum Gasteiger partial charge on any atom is -0.0771 e. The van der Waals surface area contributed by atoms with Gasteiger partial charge in [0, 0.05) is 0 Å². The van der Waals surface area contributed by atoms with Crippen LogP contribution >= 0.6 is 0 Å². The Labute approximate surface area is 471 Å². The fourth-order valence-electron chi connectivity index (χ4n) is 8.36. The van der Waals surface area contributed by atoms with E-state index in [0.717, 1.165) is 12.8 Å². The Morgan fingerprint density at radius 3 is 0.819 bits per heavy atom. The maximum absolute atomic E-state index is 3.14. The monoisotopic (exact) mass is 1130 g/mol. The second-order valence-corrected chi connectivity index (χ2v) is 19.5. The molecule has 10 aromatic carbocycles. The van der Waals surface area contributed by atoms with Crippen molar-refractivity contribution >= 4 is 49.5 Å². The van der Waals surface area contributed by atoms with Crippen LogP contribution in [0.15, 0.2) is 266 Å². The molecule has 0 aliphatic heterocycles. The van der Waals surface area contributed by atoms with Gasteiger partial charge >= 0.3 is 198 Å².